The van der Waals surface area contributed by atoms with Crippen molar-refractivity contribution in [2.45, 2.75) is 160 Å². The fourth-order valence-electron chi connectivity index (χ4n) is 4.93. The van der Waals surface area contributed by atoms with Gasteiger partial charge in [0, 0.05) is 4.90 Å². The van der Waals surface area contributed by atoms with Crippen molar-refractivity contribution < 1.29 is 9.79 Å². The topological polar surface area (TPSA) is 110 Å². The van der Waals surface area contributed by atoms with E-state index in [0.29, 0.717) is 0 Å². The second-order valence-corrected chi connectivity index (χ2v) is 16.2. The lowest BCUT2D eigenvalue weighted by Gasteiger charge is -2.16. The van der Waals surface area contributed by atoms with Crippen LogP contribution in [0.1, 0.15) is 153 Å². The Labute approximate surface area is 239 Å². The molecule has 1 aromatic carbocycles. The summed E-state index contributed by atoms with van der Waals surface area (Å²) in [6.07, 6.45) is 29.0. The lowest BCUT2D eigenvalue weighted by atomic mass is 9.96. The van der Waals surface area contributed by atoms with Gasteiger partial charge in [-0.2, -0.15) is 0 Å². The van der Waals surface area contributed by atoms with Gasteiger partial charge in [-0.15, -0.1) is 0 Å². The predicted octanol–water partition coefficient (Wildman–Crippen LogP) is 11.2. The zero-order chi connectivity index (χ0) is 25.6. The van der Waals surface area contributed by atoms with Crippen LogP contribution in [0.3, 0.4) is 0 Å². The summed E-state index contributed by atoms with van der Waals surface area (Å²) in [7, 11) is 0. The summed E-state index contributed by atoms with van der Waals surface area (Å²) in [6.45, 7) is 4.55. The standard InChI is InChI=1S/C30H55O2PS2.2H3N/c1-3-5-7-9-11-13-15-17-19-21-24-28-25-23-27-30(35-33(31,32)34)29(28)26-22-20-18-16-14-12-10-8-6-4-2;;/h23,25,27H,3-22,24,26H2,1-2H3,(H2,31,32,34);2*1H3. The Morgan fingerprint density at radius 2 is 0.973 bits per heavy atom. The largest absolute Gasteiger partial charge is 0.344 e. The first-order valence-electron chi connectivity index (χ1n) is 14.8. The van der Waals surface area contributed by atoms with Crippen LogP contribution < -0.4 is 12.3 Å². The Balaban J connectivity index is 0. The average molecular weight is 577 g/mol. The van der Waals surface area contributed by atoms with Crippen molar-refractivity contribution in [3.8, 4) is 0 Å². The van der Waals surface area contributed by atoms with Gasteiger partial charge in [0.25, 0.3) is 0 Å². The third-order valence-corrected chi connectivity index (χ3v) is 9.82. The highest BCUT2D eigenvalue weighted by molar-refractivity contribution is 8.67. The summed E-state index contributed by atoms with van der Waals surface area (Å²) in [4.78, 5) is 20.9. The van der Waals surface area contributed by atoms with Crippen molar-refractivity contribution in [1.29, 1.82) is 0 Å². The zero-order valence-corrected chi connectivity index (χ0v) is 26.9. The van der Waals surface area contributed by atoms with Crippen LogP contribution in [0.2, 0.25) is 0 Å². The van der Waals surface area contributed by atoms with E-state index >= 15 is 0 Å². The number of benzene rings is 1. The van der Waals surface area contributed by atoms with Gasteiger partial charge in [0.15, 0.2) is 0 Å². The Kier molecular flexibility index (Phi) is 27.9. The predicted molar refractivity (Wildman–Crippen MR) is 172 cm³/mol. The van der Waals surface area contributed by atoms with Crippen molar-refractivity contribution in [2.24, 2.45) is 0 Å². The van der Waals surface area contributed by atoms with Crippen LogP contribution in [0.15, 0.2) is 23.1 Å². The van der Waals surface area contributed by atoms with E-state index in [1.54, 1.807) is 0 Å². The molecule has 0 aromatic heterocycles. The van der Waals surface area contributed by atoms with Crippen molar-refractivity contribution in [3.63, 3.8) is 0 Å². The second kappa shape index (κ2) is 26.3. The zero-order valence-electron chi connectivity index (χ0n) is 24.4. The second-order valence-electron chi connectivity index (χ2n) is 10.3. The highest BCUT2D eigenvalue weighted by Gasteiger charge is 2.16. The summed E-state index contributed by atoms with van der Waals surface area (Å²) in [5.41, 5.74) is -0.583. The normalized spacial score (nSPS) is 11.2. The van der Waals surface area contributed by atoms with E-state index < -0.39 is 5.69 Å². The fourth-order valence-corrected chi connectivity index (χ4v) is 7.68. The van der Waals surface area contributed by atoms with Gasteiger partial charge in [-0.3, -0.25) is 0 Å². The van der Waals surface area contributed by atoms with Crippen LogP contribution in [-0.4, -0.2) is 9.79 Å². The molecule has 4 nitrogen and oxygen atoms in total. The number of hydrogen-bond donors (Lipinski definition) is 4. The molecule has 0 saturated carbocycles. The minimum absolute atomic E-state index is 0. The molecule has 220 valence electrons. The number of aryl methyl sites for hydroxylation is 1. The molecule has 1 rings (SSSR count). The minimum Gasteiger partial charge on any atom is -0.344 e. The molecule has 0 bridgehead atoms. The van der Waals surface area contributed by atoms with E-state index in [1.165, 1.54) is 140 Å². The quantitative estimate of drug-likeness (QED) is 0.0719. The molecule has 0 amide bonds. The molecule has 0 fully saturated rings. The fraction of sp³-hybridized carbons (Fsp3) is 0.800. The first kappa shape index (κ1) is 39.2. The average Bonchev–Trinajstić information content (AvgIpc) is 2.81. The maximum atomic E-state index is 9.94. The SMILES string of the molecule is CCCCCCCCCCCCc1cccc(SP(O)(O)=S)c1CCCCCCCCCCCC.N.N. The van der Waals surface area contributed by atoms with E-state index in [0.717, 1.165) is 29.1 Å². The lowest BCUT2D eigenvalue weighted by molar-refractivity contribution is 0.502. The van der Waals surface area contributed by atoms with Crippen molar-refractivity contribution in [3.05, 3.63) is 29.3 Å². The maximum Gasteiger partial charge on any atom is 0.246 e. The molecular weight excluding hydrogens is 515 g/mol. The van der Waals surface area contributed by atoms with Crippen molar-refractivity contribution >= 4 is 28.9 Å². The third kappa shape index (κ3) is 22.6. The molecule has 0 aliphatic carbocycles. The van der Waals surface area contributed by atoms with Gasteiger partial charge < -0.3 is 22.1 Å². The molecule has 1 aromatic rings. The van der Waals surface area contributed by atoms with Crippen LogP contribution in [0.25, 0.3) is 0 Å². The molecule has 7 heteroatoms. The smallest absolute Gasteiger partial charge is 0.246 e. The molecule has 0 spiro atoms. The summed E-state index contributed by atoms with van der Waals surface area (Å²) in [5, 5.41) is 0. The van der Waals surface area contributed by atoms with Gasteiger partial charge >= 0.3 is 0 Å². The summed E-state index contributed by atoms with van der Waals surface area (Å²) in [6, 6.07) is 6.36. The molecular formula is C30H61N2O2PS2. The van der Waals surface area contributed by atoms with Crippen molar-refractivity contribution in [1.82, 2.24) is 12.3 Å². The van der Waals surface area contributed by atoms with Gasteiger partial charge in [0.1, 0.15) is 0 Å². The lowest BCUT2D eigenvalue weighted by Crippen LogP contribution is -1.98. The van der Waals surface area contributed by atoms with E-state index in [2.05, 4.69) is 26.0 Å². The highest BCUT2D eigenvalue weighted by Crippen LogP contribution is 2.56. The maximum absolute atomic E-state index is 9.94. The molecule has 0 radical (unpaired) electrons. The van der Waals surface area contributed by atoms with Crippen LogP contribution in [-0.2, 0) is 24.6 Å². The minimum atomic E-state index is -3.30. The van der Waals surface area contributed by atoms with E-state index in [1.807, 2.05) is 6.07 Å². The molecule has 0 unspecified atom stereocenters. The van der Waals surface area contributed by atoms with Gasteiger partial charge in [-0.05, 0) is 66.1 Å². The first-order valence-corrected chi connectivity index (χ1v) is 19.0. The molecule has 8 N–H and O–H groups in total. The number of rotatable bonds is 24. The molecule has 0 aliphatic heterocycles. The van der Waals surface area contributed by atoms with E-state index in [-0.39, 0.29) is 12.3 Å². The highest BCUT2D eigenvalue weighted by atomic mass is 32.9. The van der Waals surface area contributed by atoms with Crippen LogP contribution in [0.5, 0.6) is 0 Å². The molecule has 37 heavy (non-hydrogen) atoms. The molecule has 0 atom stereocenters. The Bertz CT molecular complexity index is 686. The van der Waals surface area contributed by atoms with Crippen molar-refractivity contribution in [2.75, 3.05) is 0 Å². The molecule has 0 aliphatic rings. The number of hydrogen-bond acceptors (Lipinski definition) is 4. The number of unbranched alkanes of at least 4 members (excludes halogenated alkanes) is 18. The van der Waals surface area contributed by atoms with E-state index in [4.69, 9.17) is 11.8 Å². The van der Waals surface area contributed by atoms with Gasteiger partial charge in [0.2, 0.25) is 5.69 Å². The Morgan fingerprint density at radius 1 is 0.595 bits per heavy atom. The molecule has 0 saturated heterocycles. The third-order valence-electron chi connectivity index (χ3n) is 7.03. The van der Waals surface area contributed by atoms with Crippen LogP contribution in [0.4, 0.5) is 0 Å². The van der Waals surface area contributed by atoms with Crippen LogP contribution >= 0.6 is 17.1 Å². The first-order chi connectivity index (χ1) is 17.0. The monoisotopic (exact) mass is 576 g/mol. The van der Waals surface area contributed by atoms with Gasteiger partial charge in [0.05, 0.1) is 0 Å². The van der Waals surface area contributed by atoms with E-state index in [9.17, 15) is 9.79 Å². The van der Waals surface area contributed by atoms with Gasteiger partial charge in [-0.1, -0.05) is 142 Å². The van der Waals surface area contributed by atoms with Crippen LogP contribution in [0, 0.1) is 0 Å². The Morgan fingerprint density at radius 3 is 1.38 bits per heavy atom. The summed E-state index contributed by atoms with van der Waals surface area (Å²) in [5.74, 6) is 0. The summed E-state index contributed by atoms with van der Waals surface area (Å²) >= 11 is 6.07. The molecule has 0 heterocycles. The Hall–Kier alpha value is 0.0600. The van der Waals surface area contributed by atoms with Gasteiger partial charge in [-0.25, -0.2) is 0 Å². The summed E-state index contributed by atoms with van der Waals surface area (Å²) < 4.78 is 0.